The van der Waals surface area contributed by atoms with Crippen molar-refractivity contribution in [3.05, 3.63) is 40.5 Å². The Morgan fingerprint density at radius 3 is 2.63 bits per heavy atom. The maximum absolute atomic E-state index is 12.9. The van der Waals surface area contributed by atoms with Gasteiger partial charge in [-0.25, -0.2) is 9.37 Å². The van der Waals surface area contributed by atoms with E-state index in [1.807, 2.05) is 0 Å². The van der Waals surface area contributed by atoms with Gasteiger partial charge < -0.3 is 4.57 Å². The molecule has 1 aromatic heterocycles. The van der Waals surface area contributed by atoms with Crippen molar-refractivity contribution < 1.29 is 12.8 Å². The topological polar surface area (TPSA) is 64.0 Å². The predicted molar refractivity (Wildman–Crippen MR) is 72.9 cm³/mol. The molecule has 2 rings (SSSR count). The molecule has 1 aromatic carbocycles. The lowest BCUT2D eigenvalue weighted by Crippen LogP contribution is -2.13. The Bertz CT molecular complexity index is 708. The summed E-state index contributed by atoms with van der Waals surface area (Å²) in [7, 11) is -2.08. The Balaban J connectivity index is 2.36. The number of hydrogen-bond donors (Lipinski definition) is 1. The number of nitrogens with one attached hydrogen (secondary N) is 1. The van der Waals surface area contributed by atoms with Crippen LogP contribution in [0.3, 0.4) is 0 Å². The molecule has 5 nitrogen and oxygen atoms in total. The molecule has 1 heterocycles. The van der Waals surface area contributed by atoms with Gasteiger partial charge in [0.25, 0.3) is 10.0 Å². The minimum Gasteiger partial charge on any atom is -0.337 e. The summed E-state index contributed by atoms with van der Waals surface area (Å²) in [5.41, 5.74) is 0.254. The van der Waals surface area contributed by atoms with Gasteiger partial charge in [0.1, 0.15) is 11.6 Å². The monoisotopic (exact) mass is 347 g/mol. The van der Waals surface area contributed by atoms with E-state index in [0.29, 0.717) is 10.3 Å². The van der Waals surface area contributed by atoms with Gasteiger partial charge in [0, 0.05) is 17.7 Å². The third-order valence-electron chi connectivity index (χ3n) is 2.54. The second-order valence-electron chi connectivity index (χ2n) is 3.97. The molecular formula is C11H11BrFN3O2S. The standard InChI is InChI=1S/C11H11BrFN3O2S/c1-7-14-11(6-16(7)2)19(17,18)15-10-4-3-8(13)5-9(10)12/h3-6,15H,1-2H3. The van der Waals surface area contributed by atoms with Crippen LogP contribution in [0.5, 0.6) is 0 Å². The van der Waals surface area contributed by atoms with Crippen LogP contribution in [0.15, 0.2) is 33.9 Å². The van der Waals surface area contributed by atoms with Gasteiger partial charge in [0.05, 0.1) is 5.69 Å². The lowest BCUT2D eigenvalue weighted by Gasteiger charge is -2.07. The van der Waals surface area contributed by atoms with Gasteiger partial charge in [-0.15, -0.1) is 0 Å². The van der Waals surface area contributed by atoms with Crippen molar-refractivity contribution in [3.8, 4) is 0 Å². The summed E-state index contributed by atoms with van der Waals surface area (Å²) in [5.74, 6) is 0.127. The number of nitrogens with zero attached hydrogens (tertiary/aromatic N) is 2. The molecule has 2 aromatic rings. The van der Waals surface area contributed by atoms with E-state index < -0.39 is 15.8 Å². The van der Waals surface area contributed by atoms with E-state index in [2.05, 4.69) is 25.6 Å². The van der Waals surface area contributed by atoms with E-state index >= 15 is 0 Å². The highest BCUT2D eigenvalue weighted by molar-refractivity contribution is 9.10. The van der Waals surface area contributed by atoms with E-state index in [4.69, 9.17) is 0 Å². The van der Waals surface area contributed by atoms with Gasteiger partial charge in [-0.1, -0.05) is 0 Å². The summed E-state index contributed by atoms with van der Waals surface area (Å²) in [5, 5.41) is -0.0799. The van der Waals surface area contributed by atoms with Gasteiger partial charge in [-0.2, -0.15) is 8.42 Å². The second kappa shape index (κ2) is 4.93. The van der Waals surface area contributed by atoms with Gasteiger partial charge in [0.2, 0.25) is 0 Å². The van der Waals surface area contributed by atoms with E-state index in [0.717, 1.165) is 0 Å². The van der Waals surface area contributed by atoms with Gasteiger partial charge >= 0.3 is 0 Å². The van der Waals surface area contributed by atoms with E-state index in [9.17, 15) is 12.8 Å². The number of benzene rings is 1. The van der Waals surface area contributed by atoms with Crippen molar-refractivity contribution >= 4 is 31.6 Å². The lowest BCUT2D eigenvalue weighted by atomic mass is 10.3. The molecule has 19 heavy (non-hydrogen) atoms. The maximum atomic E-state index is 12.9. The fraction of sp³-hybridized carbons (Fsp3) is 0.182. The van der Waals surface area contributed by atoms with E-state index in [-0.39, 0.29) is 10.7 Å². The zero-order valence-corrected chi connectivity index (χ0v) is 12.6. The molecule has 0 bridgehead atoms. The van der Waals surface area contributed by atoms with Crippen LogP contribution in [0.25, 0.3) is 0 Å². The van der Waals surface area contributed by atoms with Crippen LogP contribution >= 0.6 is 15.9 Å². The average molecular weight is 348 g/mol. The van der Waals surface area contributed by atoms with Crippen molar-refractivity contribution in [1.29, 1.82) is 0 Å². The van der Waals surface area contributed by atoms with Crippen LogP contribution in [0.2, 0.25) is 0 Å². The van der Waals surface area contributed by atoms with Crippen molar-refractivity contribution in [1.82, 2.24) is 9.55 Å². The van der Waals surface area contributed by atoms with Gasteiger partial charge in [-0.05, 0) is 41.1 Å². The SMILES string of the molecule is Cc1nc(S(=O)(=O)Nc2ccc(F)cc2Br)cn1C. The zero-order chi connectivity index (χ0) is 14.2. The smallest absolute Gasteiger partial charge is 0.280 e. The number of rotatable bonds is 3. The molecule has 0 saturated heterocycles. The normalized spacial score (nSPS) is 11.6. The van der Waals surface area contributed by atoms with Crippen molar-refractivity contribution in [2.24, 2.45) is 7.05 Å². The summed E-state index contributed by atoms with van der Waals surface area (Å²) in [6.45, 7) is 1.70. The highest BCUT2D eigenvalue weighted by Gasteiger charge is 2.19. The number of hydrogen-bond acceptors (Lipinski definition) is 3. The molecule has 0 amide bonds. The number of imidazole rings is 1. The summed E-state index contributed by atoms with van der Waals surface area (Å²) in [6, 6.07) is 3.70. The minimum atomic E-state index is -3.78. The van der Waals surface area contributed by atoms with Crippen molar-refractivity contribution in [2.75, 3.05) is 4.72 Å². The molecule has 0 unspecified atom stereocenters. The third kappa shape index (κ3) is 2.95. The predicted octanol–water partition coefficient (Wildman–Crippen LogP) is 2.43. The molecular weight excluding hydrogens is 337 g/mol. The number of aryl methyl sites for hydroxylation is 2. The van der Waals surface area contributed by atoms with E-state index in [1.54, 1.807) is 18.5 Å². The first-order valence-electron chi connectivity index (χ1n) is 5.27. The van der Waals surface area contributed by atoms with Gasteiger partial charge in [-0.3, -0.25) is 4.72 Å². The Morgan fingerprint density at radius 2 is 2.11 bits per heavy atom. The Hall–Kier alpha value is -1.41. The van der Waals surface area contributed by atoms with Crippen molar-refractivity contribution in [2.45, 2.75) is 11.9 Å². The molecule has 0 radical (unpaired) electrons. The lowest BCUT2D eigenvalue weighted by molar-refractivity contribution is 0.597. The molecule has 0 aliphatic carbocycles. The summed E-state index contributed by atoms with van der Waals surface area (Å²) >= 11 is 3.10. The van der Waals surface area contributed by atoms with Crippen molar-refractivity contribution in [3.63, 3.8) is 0 Å². The molecule has 0 fully saturated rings. The van der Waals surface area contributed by atoms with Gasteiger partial charge in [0.15, 0.2) is 5.03 Å². The highest BCUT2D eigenvalue weighted by Crippen LogP contribution is 2.25. The minimum absolute atomic E-state index is 0.0799. The number of sulfonamides is 1. The second-order valence-corrected chi connectivity index (χ2v) is 6.45. The number of aromatic nitrogens is 2. The molecule has 102 valence electrons. The van der Waals surface area contributed by atoms with Crippen LogP contribution in [-0.4, -0.2) is 18.0 Å². The van der Waals surface area contributed by atoms with E-state index in [1.165, 1.54) is 24.4 Å². The third-order valence-corrected chi connectivity index (χ3v) is 4.43. The highest BCUT2D eigenvalue weighted by atomic mass is 79.9. The maximum Gasteiger partial charge on any atom is 0.280 e. The largest absolute Gasteiger partial charge is 0.337 e. The fourth-order valence-electron chi connectivity index (χ4n) is 1.43. The Labute approximate surface area is 118 Å². The molecule has 1 N–H and O–H groups in total. The molecule has 0 aliphatic heterocycles. The van der Waals surface area contributed by atoms with Crippen LogP contribution in [0.1, 0.15) is 5.82 Å². The molecule has 0 spiro atoms. The summed E-state index contributed by atoms with van der Waals surface area (Å²) in [6.07, 6.45) is 1.41. The van der Waals surface area contributed by atoms with Crippen LogP contribution in [-0.2, 0) is 17.1 Å². The average Bonchev–Trinajstić information content (AvgIpc) is 2.64. The zero-order valence-electron chi connectivity index (χ0n) is 10.2. The Morgan fingerprint density at radius 1 is 1.42 bits per heavy atom. The van der Waals surface area contributed by atoms with Crippen LogP contribution in [0, 0.1) is 12.7 Å². The first-order valence-corrected chi connectivity index (χ1v) is 7.55. The first kappa shape index (κ1) is 14.0. The number of halogens is 2. The quantitative estimate of drug-likeness (QED) is 0.927. The molecule has 8 heteroatoms. The first-order chi connectivity index (χ1) is 8.79. The Kier molecular flexibility index (Phi) is 3.64. The molecule has 0 saturated carbocycles. The van der Waals surface area contributed by atoms with Crippen LogP contribution in [0.4, 0.5) is 10.1 Å². The number of anilines is 1. The van der Waals surface area contributed by atoms with Crippen LogP contribution < -0.4 is 4.72 Å². The fourth-order valence-corrected chi connectivity index (χ4v) is 3.13. The summed E-state index contributed by atoms with van der Waals surface area (Å²) in [4.78, 5) is 3.95. The summed E-state index contributed by atoms with van der Waals surface area (Å²) < 4.78 is 41.4. The molecule has 0 atom stereocenters. The molecule has 0 aliphatic rings.